The maximum absolute atomic E-state index is 6.50. The van der Waals surface area contributed by atoms with Gasteiger partial charge in [0.15, 0.2) is 5.76 Å². The summed E-state index contributed by atoms with van der Waals surface area (Å²) in [4.78, 5) is 4.86. The SMILES string of the molecule is COc1ccc(-c2oc(=Nc3ccc(Cl)cc3)n(-c3ccc(C)cc3)c2-c2ccccc2)cc1. The first-order valence-corrected chi connectivity index (χ1v) is 11.3. The molecule has 5 rings (SSSR count). The van der Waals surface area contributed by atoms with E-state index in [9.17, 15) is 0 Å². The highest BCUT2D eigenvalue weighted by molar-refractivity contribution is 6.30. The van der Waals surface area contributed by atoms with Gasteiger partial charge in [-0.1, -0.05) is 59.6 Å². The molecule has 0 spiro atoms. The van der Waals surface area contributed by atoms with Crippen molar-refractivity contribution in [1.82, 2.24) is 4.57 Å². The van der Waals surface area contributed by atoms with E-state index in [1.807, 2.05) is 66.7 Å². The third-order valence-electron chi connectivity index (χ3n) is 5.57. The minimum absolute atomic E-state index is 0.468. The molecule has 0 fully saturated rings. The molecular formula is C29H23ClN2O2. The topological polar surface area (TPSA) is 39.7 Å². The van der Waals surface area contributed by atoms with Crippen LogP contribution in [0.15, 0.2) is 113 Å². The van der Waals surface area contributed by atoms with E-state index in [0.29, 0.717) is 10.7 Å². The lowest BCUT2D eigenvalue weighted by Gasteiger charge is -2.10. The van der Waals surface area contributed by atoms with Gasteiger partial charge >= 0.3 is 5.68 Å². The molecule has 168 valence electrons. The minimum atomic E-state index is 0.468. The molecule has 4 nitrogen and oxygen atoms in total. The van der Waals surface area contributed by atoms with Crippen LogP contribution in [0, 0.1) is 6.92 Å². The van der Waals surface area contributed by atoms with Gasteiger partial charge in [-0.15, -0.1) is 0 Å². The average molecular weight is 467 g/mol. The maximum atomic E-state index is 6.50. The Labute approximate surface area is 203 Å². The van der Waals surface area contributed by atoms with Crippen molar-refractivity contribution in [1.29, 1.82) is 0 Å². The van der Waals surface area contributed by atoms with E-state index in [2.05, 4.69) is 47.9 Å². The lowest BCUT2D eigenvalue weighted by Crippen LogP contribution is -2.15. The smallest absolute Gasteiger partial charge is 0.307 e. The number of aryl methyl sites for hydroxylation is 1. The van der Waals surface area contributed by atoms with Gasteiger partial charge in [0.25, 0.3) is 0 Å². The molecule has 0 aliphatic rings. The number of oxazole rings is 1. The summed E-state index contributed by atoms with van der Waals surface area (Å²) in [7, 11) is 1.66. The quantitative estimate of drug-likeness (QED) is 0.267. The van der Waals surface area contributed by atoms with Crippen LogP contribution in [0.5, 0.6) is 5.75 Å². The Balaban J connectivity index is 1.84. The van der Waals surface area contributed by atoms with Crippen LogP contribution >= 0.6 is 11.6 Å². The Hall–Kier alpha value is -4.02. The van der Waals surface area contributed by atoms with Gasteiger partial charge in [0, 0.05) is 16.1 Å². The molecule has 0 unspecified atom stereocenters. The van der Waals surface area contributed by atoms with Crippen molar-refractivity contribution in [2.45, 2.75) is 6.92 Å². The molecule has 1 heterocycles. The molecule has 0 aliphatic carbocycles. The molecule has 0 radical (unpaired) electrons. The number of benzene rings is 4. The number of hydrogen-bond acceptors (Lipinski definition) is 3. The molecule has 1 aromatic heterocycles. The van der Waals surface area contributed by atoms with Crippen LogP contribution in [0.25, 0.3) is 28.3 Å². The summed E-state index contributed by atoms with van der Waals surface area (Å²) >= 11 is 6.09. The molecule has 4 aromatic carbocycles. The summed E-state index contributed by atoms with van der Waals surface area (Å²) in [6, 6.07) is 33.8. The fourth-order valence-corrected chi connectivity index (χ4v) is 3.93. The van der Waals surface area contributed by atoms with Crippen LogP contribution < -0.4 is 10.4 Å². The van der Waals surface area contributed by atoms with Crippen molar-refractivity contribution < 1.29 is 9.15 Å². The summed E-state index contributed by atoms with van der Waals surface area (Å²) < 4.78 is 13.9. The first-order valence-electron chi connectivity index (χ1n) is 11.0. The Morgan fingerprint density at radius 3 is 2.09 bits per heavy atom. The van der Waals surface area contributed by atoms with E-state index >= 15 is 0 Å². The van der Waals surface area contributed by atoms with Crippen LogP contribution in [-0.2, 0) is 0 Å². The number of nitrogens with zero attached hydrogens (tertiary/aromatic N) is 2. The summed E-state index contributed by atoms with van der Waals surface area (Å²) in [5.41, 5.74) is 6.23. The zero-order valence-electron chi connectivity index (χ0n) is 18.9. The third-order valence-corrected chi connectivity index (χ3v) is 5.82. The number of aromatic nitrogens is 1. The van der Waals surface area contributed by atoms with E-state index < -0.39 is 0 Å². The van der Waals surface area contributed by atoms with Crippen molar-refractivity contribution in [3.8, 4) is 34.0 Å². The van der Waals surface area contributed by atoms with Crippen LogP contribution in [0.2, 0.25) is 5.02 Å². The number of halogens is 1. The second kappa shape index (κ2) is 9.46. The summed E-state index contributed by atoms with van der Waals surface area (Å²) in [5, 5.41) is 0.661. The molecule has 0 atom stereocenters. The van der Waals surface area contributed by atoms with Crippen molar-refractivity contribution in [3.05, 3.63) is 119 Å². The van der Waals surface area contributed by atoms with E-state index in [0.717, 1.165) is 39.7 Å². The molecule has 0 aliphatic heterocycles. The first kappa shape index (κ1) is 21.8. The Morgan fingerprint density at radius 2 is 1.44 bits per heavy atom. The third kappa shape index (κ3) is 4.41. The van der Waals surface area contributed by atoms with Crippen LogP contribution in [-0.4, -0.2) is 11.7 Å². The van der Waals surface area contributed by atoms with E-state index in [-0.39, 0.29) is 0 Å². The van der Waals surface area contributed by atoms with Crippen LogP contribution in [0.3, 0.4) is 0 Å². The molecule has 34 heavy (non-hydrogen) atoms. The number of hydrogen-bond donors (Lipinski definition) is 0. The maximum Gasteiger partial charge on any atom is 0.307 e. The minimum Gasteiger partial charge on any atom is -0.497 e. The summed E-state index contributed by atoms with van der Waals surface area (Å²) in [6.45, 7) is 2.07. The molecule has 0 amide bonds. The average Bonchev–Trinajstić information content (AvgIpc) is 3.25. The van der Waals surface area contributed by atoms with Crippen molar-refractivity contribution in [2.75, 3.05) is 7.11 Å². The normalized spacial score (nSPS) is 11.6. The fraction of sp³-hybridized carbons (Fsp3) is 0.0690. The van der Waals surface area contributed by atoms with Crippen molar-refractivity contribution >= 4 is 17.3 Å². The second-order valence-electron chi connectivity index (χ2n) is 7.92. The number of rotatable bonds is 5. The first-order chi connectivity index (χ1) is 16.6. The van der Waals surface area contributed by atoms with Crippen molar-refractivity contribution in [3.63, 3.8) is 0 Å². The lowest BCUT2D eigenvalue weighted by atomic mass is 10.0. The lowest BCUT2D eigenvalue weighted by molar-refractivity contribution is 0.415. The summed E-state index contributed by atoms with van der Waals surface area (Å²) in [5.74, 6) is 1.51. The molecule has 0 saturated carbocycles. The van der Waals surface area contributed by atoms with E-state index in [1.54, 1.807) is 7.11 Å². The van der Waals surface area contributed by atoms with Crippen LogP contribution in [0.1, 0.15) is 5.56 Å². The van der Waals surface area contributed by atoms with E-state index in [4.69, 9.17) is 25.7 Å². The summed E-state index contributed by atoms with van der Waals surface area (Å²) in [6.07, 6.45) is 0. The van der Waals surface area contributed by atoms with Gasteiger partial charge in [0.05, 0.1) is 18.5 Å². The highest BCUT2D eigenvalue weighted by Crippen LogP contribution is 2.34. The van der Waals surface area contributed by atoms with Gasteiger partial charge in [-0.2, -0.15) is 4.99 Å². The monoisotopic (exact) mass is 466 g/mol. The second-order valence-corrected chi connectivity index (χ2v) is 8.35. The Morgan fingerprint density at radius 1 is 0.765 bits per heavy atom. The fourth-order valence-electron chi connectivity index (χ4n) is 3.81. The zero-order chi connectivity index (χ0) is 23.5. The molecule has 5 heteroatoms. The highest BCUT2D eigenvalue weighted by Gasteiger charge is 2.20. The van der Waals surface area contributed by atoms with Gasteiger partial charge in [-0.05, 0) is 67.6 Å². The standard InChI is InChI=1S/C29H23ClN2O2/c1-20-8-16-25(17-9-20)32-27(21-6-4-3-5-7-21)28(22-10-18-26(33-2)19-11-22)34-29(32)31-24-14-12-23(30)13-15-24/h3-19H,1-2H3. The van der Waals surface area contributed by atoms with Crippen LogP contribution in [0.4, 0.5) is 5.69 Å². The predicted molar refractivity (Wildman–Crippen MR) is 137 cm³/mol. The molecule has 5 aromatic rings. The largest absolute Gasteiger partial charge is 0.497 e. The molecule has 0 N–H and O–H groups in total. The zero-order valence-corrected chi connectivity index (χ0v) is 19.7. The van der Waals surface area contributed by atoms with Gasteiger partial charge in [-0.3, -0.25) is 4.57 Å². The number of methoxy groups -OCH3 is 1. The molecular weight excluding hydrogens is 444 g/mol. The van der Waals surface area contributed by atoms with Crippen molar-refractivity contribution in [2.24, 2.45) is 4.99 Å². The Bertz CT molecular complexity index is 1470. The van der Waals surface area contributed by atoms with E-state index in [1.165, 1.54) is 5.56 Å². The molecule has 0 saturated heterocycles. The Kier molecular flexibility index (Phi) is 6.07. The van der Waals surface area contributed by atoms with Gasteiger partial charge < -0.3 is 9.15 Å². The predicted octanol–water partition coefficient (Wildman–Crippen LogP) is 7.61. The van der Waals surface area contributed by atoms with Gasteiger partial charge in [0.2, 0.25) is 0 Å². The number of ether oxygens (including phenoxy) is 1. The van der Waals surface area contributed by atoms with Gasteiger partial charge in [0.1, 0.15) is 11.4 Å². The van der Waals surface area contributed by atoms with Gasteiger partial charge in [-0.25, -0.2) is 0 Å². The highest BCUT2D eigenvalue weighted by atomic mass is 35.5. The molecule has 0 bridgehead atoms.